The van der Waals surface area contributed by atoms with E-state index >= 15 is 0 Å². The van der Waals surface area contributed by atoms with Gasteiger partial charge in [-0.15, -0.1) is 0 Å². The van der Waals surface area contributed by atoms with Crippen LogP contribution < -0.4 is 0 Å². The maximum Gasteiger partial charge on any atom is -0.0307 e. The summed E-state index contributed by atoms with van der Waals surface area (Å²) < 4.78 is 0. The van der Waals surface area contributed by atoms with Crippen molar-refractivity contribution in [3.63, 3.8) is 0 Å². The van der Waals surface area contributed by atoms with Gasteiger partial charge in [0.05, 0.1) is 0 Å². The van der Waals surface area contributed by atoms with Crippen LogP contribution in [0.3, 0.4) is 0 Å². The van der Waals surface area contributed by atoms with E-state index < -0.39 is 0 Å². The van der Waals surface area contributed by atoms with E-state index in [0.29, 0.717) is 0 Å². The van der Waals surface area contributed by atoms with Crippen LogP contribution in [0.1, 0.15) is 25.0 Å². The molecule has 98 valence electrons. The van der Waals surface area contributed by atoms with Crippen LogP contribution in [0, 0.1) is 0 Å². The third-order valence-electron chi connectivity index (χ3n) is 2.50. The van der Waals surface area contributed by atoms with Crippen LogP contribution in [0.2, 0.25) is 0 Å². The first-order chi connectivity index (χ1) is 8.86. The molecule has 0 spiro atoms. The van der Waals surface area contributed by atoms with E-state index in [9.17, 15) is 0 Å². The minimum absolute atomic E-state index is 1.14. The van der Waals surface area contributed by atoms with Crippen molar-refractivity contribution < 1.29 is 10.5 Å². The van der Waals surface area contributed by atoms with Crippen LogP contribution in [0.15, 0.2) is 60.7 Å². The van der Waals surface area contributed by atoms with Crippen molar-refractivity contribution in [3.8, 4) is 0 Å². The Morgan fingerprint density at radius 3 is 1.06 bits per heavy atom. The second-order valence-electron chi connectivity index (χ2n) is 3.68. The molecule has 2 rings (SSSR count). The molecule has 0 atom stereocenters. The Morgan fingerprint density at radius 2 is 0.889 bits per heavy atom. The summed E-state index contributed by atoms with van der Waals surface area (Å²) in [6.45, 7) is 4.32. The zero-order chi connectivity index (χ0) is 13.6. The van der Waals surface area contributed by atoms with Crippen LogP contribution in [0.4, 0.5) is 0 Å². The van der Waals surface area contributed by atoms with Gasteiger partial charge in [-0.25, -0.2) is 0 Å². The van der Waals surface area contributed by atoms with Crippen LogP contribution >= 0.6 is 0 Å². The molecule has 0 aromatic heterocycles. The standard InChI is InChI=1S/2C8H10.H2O2/c2*1-2-8-6-4-3-5-7-8;1-2/h2*3-7H,2H2,1H3;1-2H. The summed E-state index contributed by atoms with van der Waals surface area (Å²) in [5.74, 6) is 0. The molecular formula is C16H22O2. The van der Waals surface area contributed by atoms with Gasteiger partial charge in [-0.2, -0.15) is 0 Å². The van der Waals surface area contributed by atoms with Crippen LogP contribution in [-0.4, -0.2) is 10.5 Å². The Morgan fingerprint density at radius 1 is 0.611 bits per heavy atom. The van der Waals surface area contributed by atoms with Crippen molar-refractivity contribution in [1.82, 2.24) is 0 Å². The third kappa shape index (κ3) is 7.60. The van der Waals surface area contributed by atoms with E-state index in [1.54, 1.807) is 0 Å². The molecule has 0 radical (unpaired) electrons. The summed E-state index contributed by atoms with van der Waals surface area (Å²) in [5.41, 5.74) is 2.82. The molecule has 2 aromatic rings. The van der Waals surface area contributed by atoms with Crippen LogP contribution in [0.25, 0.3) is 0 Å². The smallest absolute Gasteiger partial charge is 0.0307 e. The summed E-state index contributed by atoms with van der Waals surface area (Å²) in [5, 5.41) is 12.0. The number of hydrogen-bond donors (Lipinski definition) is 2. The van der Waals surface area contributed by atoms with Gasteiger partial charge in [0, 0.05) is 0 Å². The molecule has 0 heterocycles. The van der Waals surface area contributed by atoms with Crippen molar-refractivity contribution in [2.75, 3.05) is 0 Å². The number of benzene rings is 2. The van der Waals surface area contributed by atoms with E-state index in [4.69, 9.17) is 10.5 Å². The van der Waals surface area contributed by atoms with Gasteiger partial charge in [-0.1, -0.05) is 74.5 Å². The number of hydrogen-bond acceptors (Lipinski definition) is 2. The van der Waals surface area contributed by atoms with E-state index in [1.807, 2.05) is 12.1 Å². The zero-order valence-electron chi connectivity index (χ0n) is 11.1. The molecular weight excluding hydrogens is 224 g/mol. The van der Waals surface area contributed by atoms with Gasteiger partial charge in [0.25, 0.3) is 0 Å². The van der Waals surface area contributed by atoms with Gasteiger partial charge in [-0.05, 0) is 24.0 Å². The zero-order valence-corrected chi connectivity index (χ0v) is 11.1. The van der Waals surface area contributed by atoms with E-state index in [1.165, 1.54) is 11.1 Å². The summed E-state index contributed by atoms with van der Waals surface area (Å²) >= 11 is 0. The molecule has 0 bridgehead atoms. The third-order valence-corrected chi connectivity index (χ3v) is 2.50. The van der Waals surface area contributed by atoms with Crippen molar-refractivity contribution in [2.24, 2.45) is 0 Å². The van der Waals surface area contributed by atoms with Crippen LogP contribution in [-0.2, 0) is 12.8 Å². The molecule has 2 heteroatoms. The number of aryl methyl sites for hydroxylation is 2. The predicted octanol–water partition coefficient (Wildman–Crippen LogP) is 4.52. The highest BCUT2D eigenvalue weighted by Crippen LogP contribution is 1.97. The topological polar surface area (TPSA) is 40.5 Å². The lowest BCUT2D eigenvalue weighted by atomic mass is 10.2. The average Bonchev–Trinajstić information content (AvgIpc) is 2.51. The van der Waals surface area contributed by atoms with Gasteiger partial charge in [-0.3, -0.25) is 10.5 Å². The second kappa shape index (κ2) is 11.8. The van der Waals surface area contributed by atoms with Crippen molar-refractivity contribution in [3.05, 3.63) is 71.8 Å². The van der Waals surface area contributed by atoms with Gasteiger partial charge in [0.2, 0.25) is 0 Å². The molecule has 0 aliphatic heterocycles. The van der Waals surface area contributed by atoms with Crippen molar-refractivity contribution in [2.45, 2.75) is 26.7 Å². The Balaban J connectivity index is 0.000000283. The summed E-state index contributed by atoms with van der Waals surface area (Å²) in [6, 6.07) is 20.9. The first-order valence-corrected chi connectivity index (χ1v) is 6.14. The monoisotopic (exact) mass is 246 g/mol. The van der Waals surface area contributed by atoms with E-state index in [-0.39, 0.29) is 0 Å². The first kappa shape index (κ1) is 16.4. The van der Waals surface area contributed by atoms with Crippen molar-refractivity contribution in [1.29, 1.82) is 0 Å². The van der Waals surface area contributed by atoms with Gasteiger partial charge in [0.1, 0.15) is 0 Å². The quantitative estimate of drug-likeness (QED) is 0.604. The Kier molecular flexibility index (Phi) is 10.8. The molecule has 2 aromatic carbocycles. The van der Waals surface area contributed by atoms with E-state index in [2.05, 4.69) is 62.4 Å². The second-order valence-corrected chi connectivity index (χ2v) is 3.68. The molecule has 0 fully saturated rings. The average molecular weight is 246 g/mol. The lowest BCUT2D eigenvalue weighted by Gasteiger charge is -1.89. The van der Waals surface area contributed by atoms with Gasteiger partial charge < -0.3 is 0 Å². The Bertz CT molecular complexity index is 331. The van der Waals surface area contributed by atoms with Crippen LogP contribution in [0.5, 0.6) is 0 Å². The fourth-order valence-electron chi connectivity index (χ4n) is 1.43. The maximum absolute atomic E-state index is 6.00. The highest BCUT2D eigenvalue weighted by atomic mass is 17.0. The Hall–Kier alpha value is -1.64. The van der Waals surface area contributed by atoms with E-state index in [0.717, 1.165) is 12.8 Å². The minimum Gasteiger partial charge on any atom is -0.255 e. The van der Waals surface area contributed by atoms with Gasteiger partial charge in [0.15, 0.2) is 0 Å². The minimum atomic E-state index is 1.14. The lowest BCUT2D eigenvalue weighted by molar-refractivity contribution is -0.176. The maximum atomic E-state index is 6.00. The lowest BCUT2D eigenvalue weighted by Crippen LogP contribution is -1.73. The van der Waals surface area contributed by atoms with Gasteiger partial charge >= 0.3 is 0 Å². The predicted molar refractivity (Wildman–Crippen MR) is 76.9 cm³/mol. The molecule has 0 aliphatic rings. The summed E-state index contributed by atoms with van der Waals surface area (Å²) in [6.07, 6.45) is 2.28. The highest BCUT2D eigenvalue weighted by Gasteiger charge is 1.80. The fraction of sp³-hybridized carbons (Fsp3) is 0.250. The molecule has 0 amide bonds. The summed E-state index contributed by atoms with van der Waals surface area (Å²) in [7, 11) is 0. The molecule has 2 nitrogen and oxygen atoms in total. The molecule has 0 saturated heterocycles. The molecule has 0 unspecified atom stereocenters. The first-order valence-electron chi connectivity index (χ1n) is 6.14. The fourth-order valence-corrected chi connectivity index (χ4v) is 1.43. The molecule has 18 heavy (non-hydrogen) atoms. The molecule has 2 N–H and O–H groups in total. The largest absolute Gasteiger partial charge is 0.255 e. The number of rotatable bonds is 2. The summed E-state index contributed by atoms with van der Waals surface area (Å²) in [4.78, 5) is 0. The van der Waals surface area contributed by atoms with Crippen molar-refractivity contribution >= 4 is 0 Å². The highest BCUT2D eigenvalue weighted by molar-refractivity contribution is 5.14. The SMILES string of the molecule is CCc1ccccc1.CCc1ccccc1.OO. The molecule has 0 saturated carbocycles. The normalized spacial score (nSPS) is 8.44. The molecule has 0 aliphatic carbocycles. The Labute approximate surface area is 109 Å².